The minimum Gasteiger partial charge on any atom is -0.393 e. The van der Waals surface area contributed by atoms with Gasteiger partial charge in [-0.1, -0.05) is 0 Å². The molecule has 0 bridgehead atoms. The van der Waals surface area contributed by atoms with Gasteiger partial charge in [0.05, 0.1) is 6.10 Å². The van der Waals surface area contributed by atoms with Crippen molar-refractivity contribution in [3.05, 3.63) is 0 Å². The van der Waals surface area contributed by atoms with E-state index in [2.05, 4.69) is 4.90 Å². The van der Waals surface area contributed by atoms with Crippen LogP contribution in [0.3, 0.4) is 0 Å². The molecule has 1 saturated heterocycles. The van der Waals surface area contributed by atoms with Gasteiger partial charge in [0.15, 0.2) is 0 Å². The van der Waals surface area contributed by atoms with E-state index in [1.165, 1.54) is 0 Å². The van der Waals surface area contributed by atoms with Crippen molar-refractivity contribution in [2.75, 3.05) is 19.6 Å². The lowest BCUT2D eigenvalue weighted by Gasteiger charge is -2.33. The minimum atomic E-state index is -2.40. The lowest BCUT2D eigenvalue weighted by molar-refractivity contribution is -0.0476. The quantitative estimate of drug-likeness (QED) is 0.828. The molecule has 17 heavy (non-hydrogen) atoms. The van der Waals surface area contributed by atoms with Gasteiger partial charge in [0.2, 0.25) is 5.92 Å². The van der Waals surface area contributed by atoms with Gasteiger partial charge in [0, 0.05) is 25.9 Å². The molecule has 100 valence electrons. The largest absolute Gasteiger partial charge is 0.393 e. The van der Waals surface area contributed by atoms with Crippen molar-refractivity contribution in [2.24, 2.45) is 5.92 Å². The van der Waals surface area contributed by atoms with Crippen LogP contribution in [0.15, 0.2) is 0 Å². The van der Waals surface area contributed by atoms with Gasteiger partial charge in [0.1, 0.15) is 0 Å². The number of nitrogens with zero attached hydrogens (tertiary/aromatic N) is 1. The van der Waals surface area contributed by atoms with Crippen molar-refractivity contribution >= 4 is 0 Å². The zero-order valence-electron chi connectivity index (χ0n) is 10.4. The van der Waals surface area contributed by atoms with E-state index < -0.39 is 5.92 Å². The highest BCUT2D eigenvalue weighted by atomic mass is 19.3. The van der Waals surface area contributed by atoms with Crippen molar-refractivity contribution in [1.29, 1.82) is 0 Å². The van der Waals surface area contributed by atoms with Crippen LogP contribution in [0.2, 0.25) is 0 Å². The Bertz CT molecular complexity index is 230. The molecule has 0 unspecified atom stereocenters. The lowest BCUT2D eigenvalue weighted by atomic mass is 9.84. The molecule has 2 aliphatic rings. The van der Waals surface area contributed by atoms with Crippen LogP contribution in [0.25, 0.3) is 0 Å². The van der Waals surface area contributed by atoms with Crippen molar-refractivity contribution in [2.45, 2.75) is 57.0 Å². The summed E-state index contributed by atoms with van der Waals surface area (Å²) in [5.74, 6) is -1.91. The number of hydrogen-bond acceptors (Lipinski definition) is 2. The first kappa shape index (κ1) is 13.2. The standard InChI is InChI=1S/C13H23F2NO/c14-13(15)6-1-11(2-7-13)3-8-16-9-4-12(17)5-10-16/h11-12,17H,1-10H2. The summed E-state index contributed by atoms with van der Waals surface area (Å²) in [6.45, 7) is 2.94. The molecular weight excluding hydrogens is 224 g/mol. The highest BCUT2D eigenvalue weighted by Gasteiger charge is 2.34. The Morgan fingerprint density at radius 3 is 2.24 bits per heavy atom. The zero-order valence-corrected chi connectivity index (χ0v) is 10.4. The van der Waals surface area contributed by atoms with Crippen LogP contribution in [0.1, 0.15) is 44.9 Å². The Balaban J connectivity index is 1.63. The van der Waals surface area contributed by atoms with E-state index in [9.17, 15) is 13.9 Å². The van der Waals surface area contributed by atoms with Crippen LogP contribution in [-0.2, 0) is 0 Å². The summed E-state index contributed by atoms with van der Waals surface area (Å²) in [6, 6.07) is 0. The van der Waals surface area contributed by atoms with Gasteiger partial charge >= 0.3 is 0 Å². The molecule has 0 radical (unpaired) electrons. The van der Waals surface area contributed by atoms with Gasteiger partial charge < -0.3 is 10.0 Å². The molecule has 0 aromatic rings. The normalized spacial score (nSPS) is 28.4. The van der Waals surface area contributed by atoms with Crippen LogP contribution in [0.5, 0.6) is 0 Å². The third-order valence-electron chi connectivity index (χ3n) is 4.25. The van der Waals surface area contributed by atoms with E-state index in [-0.39, 0.29) is 18.9 Å². The van der Waals surface area contributed by atoms with Crippen molar-refractivity contribution in [3.63, 3.8) is 0 Å². The van der Waals surface area contributed by atoms with Crippen molar-refractivity contribution in [1.82, 2.24) is 4.90 Å². The molecule has 4 heteroatoms. The van der Waals surface area contributed by atoms with E-state index in [0.717, 1.165) is 38.9 Å². The lowest BCUT2D eigenvalue weighted by Crippen LogP contribution is -2.37. The molecule has 2 fully saturated rings. The first-order chi connectivity index (χ1) is 8.05. The number of rotatable bonds is 3. The number of alkyl halides is 2. The number of aliphatic hydroxyl groups excluding tert-OH is 1. The molecule has 1 heterocycles. The van der Waals surface area contributed by atoms with Crippen LogP contribution < -0.4 is 0 Å². The van der Waals surface area contributed by atoms with Gasteiger partial charge in [0.25, 0.3) is 0 Å². The molecule has 1 N–H and O–H groups in total. The highest BCUT2D eigenvalue weighted by molar-refractivity contribution is 4.79. The third-order valence-corrected chi connectivity index (χ3v) is 4.25. The fraction of sp³-hybridized carbons (Fsp3) is 1.00. The fourth-order valence-corrected chi connectivity index (χ4v) is 2.90. The molecule has 1 aliphatic carbocycles. The van der Waals surface area contributed by atoms with E-state index in [0.29, 0.717) is 18.8 Å². The first-order valence-corrected chi connectivity index (χ1v) is 6.83. The summed E-state index contributed by atoms with van der Waals surface area (Å²) in [4.78, 5) is 2.36. The Morgan fingerprint density at radius 2 is 1.65 bits per heavy atom. The fourth-order valence-electron chi connectivity index (χ4n) is 2.90. The molecule has 1 aliphatic heterocycles. The molecule has 2 rings (SSSR count). The van der Waals surface area contributed by atoms with E-state index in [1.807, 2.05) is 0 Å². The Hall–Kier alpha value is -0.220. The number of likely N-dealkylation sites (tertiary alicyclic amines) is 1. The monoisotopic (exact) mass is 247 g/mol. The maximum atomic E-state index is 13.0. The molecule has 0 spiro atoms. The van der Waals surface area contributed by atoms with Crippen LogP contribution in [0, 0.1) is 5.92 Å². The highest BCUT2D eigenvalue weighted by Crippen LogP contribution is 2.37. The number of hydrogen-bond donors (Lipinski definition) is 1. The molecule has 0 aromatic carbocycles. The van der Waals surface area contributed by atoms with Crippen molar-refractivity contribution in [3.8, 4) is 0 Å². The third kappa shape index (κ3) is 4.18. The van der Waals surface area contributed by atoms with Crippen molar-refractivity contribution < 1.29 is 13.9 Å². The molecule has 1 saturated carbocycles. The molecule has 0 aromatic heterocycles. The van der Waals surface area contributed by atoms with E-state index in [4.69, 9.17) is 0 Å². The van der Waals surface area contributed by atoms with E-state index >= 15 is 0 Å². The summed E-state index contributed by atoms with van der Waals surface area (Å²) in [5.41, 5.74) is 0. The predicted octanol–water partition coefficient (Wildman–Crippen LogP) is 2.66. The van der Waals surface area contributed by atoms with Gasteiger partial charge in [-0.25, -0.2) is 8.78 Å². The van der Waals surface area contributed by atoms with Crippen LogP contribution >= 0.6 is 0 Å². The Labute approximate surface area is 102 Å². The average molecular weight is 247 g/mol. The summed E-state index contributed by atoms with van der Waals surface area (Å²) in [6.07, 6.45) is 4.18. The second kappa shape index (κ2) is 5.61. The summed E-state index contributed by atoms with van der Waals surface area (Å²) in [7, 11) is 0. The molecule has 0 amide bonds. The Kier molecular flexibility index (Phi) is 4.36. The summed E-state index contributed by atoms with van der Waals surface area (Å²) < 4.78 is 26.0. The number of halogens is 2. The van der Waals surface area contributed by atoms with Gasteiger partial charge in [-0.05, 0) is 44.6 Å². The molecule has 0 atom stereocenters. The maximum Gasteiger partial charge on any atom is 0.248 e. The second-order valence-electron chi connectivity index (χ2n) is 5.66. The minimum absolute atomic E-state index is 0.0797. The molecule has 2 nitrogen and oxygen atoms in total. The SMILES string of the molecule is OC1CCN(CCC2CCC(F)(F)CC2)CC1. The number of piperidine rings is 1. The maximum absolute atomic E-state index is 13.0. The van der Waals surface area contributed by atoms with Gasteiger partial charge in [-0.15, -0.1) is 0 Å². The summed E-state index contributed by atoms with van der Waals surface area (Å²) >= 11 is 0. The topological polar surface area (TPSA) is 23.5 Å². The Morgan fingerprint density at radius 1 is 1.06 bits per heavy atom. The predicted molar refractivity (Wildman–Crippen MR) is 63.2 cm³/mol. The zero-order chi connectivity index (χ0) is 12.3. The average Bonchev–Trinajstić information content (AvgIpc) is 2.30. The smallest absolute Gasteiger partial charge is 0.248 e. The molecular formula is C13H23F2NO. The first-order valence-electron chi connectivity index (χ1n) is 6.83. The van der Waals surface area contributed by atoms with Crippen LogP contribution in [0.4, 0.5) is 8.78 Å². The second-order valence-corrected chi connectivity index (χ2v) is 5.66. The van der Waals surface area contributed by atoms with Gasteiger partial charge in [-0.2, -0.15) is 0 Å². The van der Waals surface area contributed by atoms with E-state index in [1.54, 1.807) is 0 Å². The number of aliphatic hydroxyl groups is 1. The van der Waals surface area contributed by atoms with Crippen LogP contribution in [-0.4, -0.2) is 41.7 Å². The van der Waals surface area contributed by atoms with Gasteiger partial charge in [-0.3, -0.25) is 0 Å². The summed E-state index contributed by atoms with van der Waals surface area (Å²) in [5, 5.41) is 9.39.